The largest absolute Gasteiger partial charge is 0.192 e. The van der Waals surface area contributed by atoms with E-state index in [2.05, 4.69) is 83.6 Å². The van der Waals surface area contributed by atoms with Gasteiger partial charge < -0.3 is 0 Å². The molecule has 0 radical (unpaired) electrons. The summed E-state index contributed by atoms with van der Waals surface area (Å²) in [5.74, 6) is 0. The molecule has 0 bridgehead atoms. The Kier molecular flexibility index (Phi) is 6.33. The Labute approximate surface area is 182 Å². The van der Waals surface area contributed by atoms with Crippen LogP contribution in [0.4, 0.5) is 0 Å². The van der Waals surface area contributed by atoms with Gasteiger partial charge in [-0.2, -0.15) is 5.26 Å². The van der Waals surface area contributed by atoms with Crippen molar-refractivity contribution in [2.45, 2.75) is 0 Å². The smallest absolute Gasteiger partial charge is 0.0991 e. The van der Waals surface area contributed by atoms with Crippen molar-refractivity contribution in [2.24, 2.45) is 0 Å². The van der Waals surface area contributed by atoms with E-state index in [1.165, 1.54) is 25.1 Å². The van der Waals surface area contributed by atoms with E-state index in [9.17, 15) is 0 Å². The molecule has 3 heterocycles. The number of hydrogen-bond donors (Lipinski definition) is 0. The molecule has 3 aromatic heterocycles. The number of nitriles is 1. The number of nitrogens with zero attached hydrogens (tertiary/aromatic N) is 1. The average molecular weight is 428 g/mol. The summed E-state index contributed by atoms with van der Waals surface area (Å²) < 4.78 is 0. The highest BCUT2D eigenvalue weighted by molar-refractivity contribution is 7.14. The van der Waals surface area contributed by atoms with Crippen LogP contribution in [0.25, 0.3) is 36.5 Å². The first kappa shape index (κ1) is 19.4. The molecule has 4 heteroatoms. The Morgan fingerprint density at radius 3 is 1.97 bits per heavy atom. The number of hydrogen-bond acceptors (Lipinski definition) is 4. The van der Waals surface area contributed by atoms with E-state index in [0.29, 0.717) is 5.56 Å². The van der Waals surface area contributed by atoms with Crippen LogP contribution in [-0.4, -0.2) is 0 Å². The summed E-state index contributed by atoms with van der Waals surface area (Å²) in [7, 11) is 0. The number of benzene rings is 1. The van der Waals surface area contributed by atoms with Crippen LogP contribution in [0.1, 0.15) is 36.2 Å². The van der Waals surface area contributed by atoms with Crippen LogP contribution in [0.15, 0.2) is 65.4 Å². The van der Waals surface area contributed by atoms with Gasteiger partial charge in [-0.1, -0.05) is 36.4 Å². The quantitative estimate of drug-likeness (QED) is 0.304. The highest BCUT2D eigenvalue weighted by atomic mass is 32.1. The zero-order chi connectivity index (χ0) is 19.9. The summed E-state index contributed by atoms with van der Waals surface area (Å²) in [5.41, 5.74) is 2.95. The third-order valence-corrected chi connectivity index (χ3v) is 6.96. The molecular weight excluding hydrogens is 410 g/mol. The van der Waals surface area contributed by atoms with Gasteiger partial charge in [-0.05, 0) is 76.5 Å². The minimum atomic E-state index is 0.679. The molecule has 0 saturated carbocycles. The van der Waals surface area contributed by atoms with Crippen LogP contribution >= 0.6 is 34.0 Å². The van der Waals surface area contributed by atoms with Crippen molar-refractivity contribution in [1.82, 2.24) is 0 Å². The van der Waals surface area contributed by atoms with Gasteiger partial charge in [0.2, 0.25) is 0 Å². The summed E-state index contributed by atoms with van der Waals surface area (Å²) in [4.78, 5) is 4.96. The van der Waals surface area contributed by atoms with Gasteiger partial charge >= 0.3 is 0 Å². The fourth-order valence-electron chi connectivity index (χ4n) is 2.73. The Balaban J connectivity index is 1.62. The molecule has 0 saturated heterocycles. The lowest BCUT2D eigenvalue weighted by atomic mass is 10.1. The summed E-state index contributed by atoms with van der Waals surface area (Å²) in [6, 6.07) is 20.4. The second-order valence-corrected chi connectivity index (χ2v) is 9.31. The predicted molar refractivity (Wildman–Crippen MR) is 131 cm³/mol. The molecule has 0 atom stereocenters. The first-order valence-electron chi connectivity index (χ1n) is 9.05. The number of rotatable bonds is 6. The second kappa shape index (κ2) is 9.49. The van der Waals surface area contributed by atoms with Gasteiger partial charge in [0.25, 0.3) is 0 Å². The first-order valence-corrected chi connectivity index (χ1v) is 11.6. The summed E-state index contributed by atoms with van der Waals surface area (Å²) >= 11 is 5.26. The molecule has 0 N–H and O–H groups in total. The molecule has 0 aliphatic rings. The van der Waals surface area contributed by atoms with Crippen molar-refractivity contribution in [2.75, 3.05) is 0 Å². The van der Waals surface area contributed by atoms with Crippen LogP contribution < -0.4 is 0 Å². The van der Waals surface area contributed by atoms with E-state index < -0.39 is 0 Å². The summed E-state index contributed by atoms with van der Waals surface area (Å²) in [5, 5.41) is 13.1. The molecule has 0 aliphatic heterocycles. The van der Waals surface area contributed by atoms with E-state index in [-0.39, 0.29) is 0 Å². The van der Waals surface area contributed by atoms with Crippen molar-refractivity contribution in [3.8, 4) is 6.07 Å². The van der Waals surface area contributed by atoms with E-state index in [1.54, 1.807) is 34.0 Å². The molecule has 1 nitrogen and oxygen atoms in total. The van der Waals surface area contributed by atoms with Gasteiger partial charge in [0, 0.05) is 19.5 Å². The highest BCUT2D eigenvalue weighted by Crippen LogP contribution is 2.29. The zero-order valence-corrected chi connectivity index (χ0v) is 17.9. The molecule has 4 aromatic rings. The fraction of sp³-hybridized carbons (Fsp3) is 0. The topological polar surface area (TPSA) is 23.8 Å². The Bertz CT molecular complexity index is 1180. The van der Waals surface area contributed by atoms with Crippen LogP contribution in [0.3, 0.4) is 0 Å². The monoisotopic (exact) mass is 427 g/mol. The third-order valence-electron chi connectivity index (χ3n) is 4.20. The van der Waals surface area contributed by atoms with Gasteiger partial charge in [0.15, 0.2) is 0 Å². The lowest BCUT2D eigenvalue weighted by Crippen LogP contribution is -1.75. The SMILES string of the molecule is N#Cc1ccc(/C=C/c2cc(/C=C/c3cccs3)sc2/C=C/c2cccs2)cc1. The van der Waals surface area contributed by atoms with E-state index in [0.717, 1.165) is 5.56 Å². The molecule has 0 fully saturated rings. The van der Waals surface area contributed by atoms with Crippen molar-refractivity contribution >= 4 is 70.5 Å². The maximum Gasteiger partial charge on any atom is 0.0991 e. The Hall–Kier alpha value is -2.97. The summed E-state index contributed by atoms with van der Waals surface area (Å²) in [6.07, 6.45) is 12.9. The molecule has 1 aromatic carbocycles. The minimum Gasteiger partial charge on any atom is -0.192 e. The van der Waals surface area contributed by atoms with Crippen LogP contribution in [0, 0.1) is 11.3 Å². The minimum absolute atomic E-state index is 0.679. The molecule has 0 amide bonds. The maximum absolute atomic E-state index is 8.95. The fourth-order valence-corrected chi connectivity index (χ4v) is 4.92. The van der Waals surface area contributed by atoms with E-state index in [1.807, 2.05) is 24.3 Å². The van der Waals surface area contributed by atoms with Crippen LogP contribution in [0.2, 0.25) is 0 Å². The van der Waals surface area contributed by atoms with Crippen molar-refractivity contribution in [3.63, 3.8) is 0 Å². The van der Waals surface area contributed by atoms with Crippen molar-refractivity contribution < 1.29 is 0 Å². The molecular formula is C25H17NS3. The van der Waals surface area contributed by atoms with Gasteiger partial charge in [0.1, 0.15) is 0 Å². The van der Waals surface area contributed by atoms with Crippen LogP contribution in [-0.2, 0) is 0 Å². The maximum atomic E-state index is 8.95. The van der Waals surface area contributed by atoms with E-state index >= 15 is 0 Å². The lowest BCUT2D eigenvalue weighted by Gasteiger charge is -1.95. The molecule has 140 valence electrons. The zero-order valence-electron chi connectivity index (χ0n) is 15.5. The normalized spacial score (nSPS) is 11.7. The first-order chi connectivity index (χ1) is 14.3. The van der Waals surface area contributed by atoms with Crippen molar-refractivity contribution in [1.29, 1.82) is 5.26 Å². The van der Waals surface area contributed by atoms with Gasteiger partial charge in [0.05, 0.1) is 11.6 Å². The summed E-state index contributed by atoms with van der Waals surface area (Å²) in [6.45, 7) is 0. The average Bonchev–Trinajstić information content (AvgIpc) is 3.52. The molecule has 0 aliphatic carbocycles. The van der Waals surface area contributed by atoms with Gasteiger partial charge in [-0.15, -0.1) is 34.0 Å². The molecule has 0 spiro atoms. The predicted octanol–water partition coefficient (Wildman–Crippen LogP) is 8.25. The van der Waals surface area contributed by atoms with E-state index in [4.69, 9.17) is 5.26 Å². The standard InChI is InChI=1S/C25H17NS3/c26-18-20-7-5-19(6-8-20)9-10-21-17-24(12-11-22-3-1-15-27-22)29-25(21)14-13-23-4-2-16-28-23/h1-17H/b10-9+,12-11+,14-13+. The second-order valence-electron chi connectivity index (χ2n) is 6.23. The highest BCUT2D eigenvalue weighted by Gasteiger charge is 2.03. The van der Waals surface area contributed by atoms with Gasteiger partial charge in [-0.3, -0.25) is 0 Å². The Morgan fingerprint density at radius 1 is 0.690 bits per heavy atom. The van der Waals surface area contributed by atoms with Crippen LogP contribution in [0.5, 0.6) is 0 Å². The molecule has 29 heavy (non-hydrogen) atoms. The van der Waals surface area contributed by atoms with Gasteiger partial charge in [-0.25, -0.2) is 0 Å². The van der Waals surface area contributed by atoms with Crippen molar-refractivity contribution in [3.05, 3.63) is 102 Å². The molecule has 4 rings (SSSR count). The number of thiophene rings is 3. The lowest BCUT2D eigenvalue weighted by molar-refractivity contribution is 1.48. The molecule has 0 unspecified atom stereocenters. The Morgan fingerprint density at radius 2 is 1.34 bits per heavy atom. The third kappa shape index (κ3) is 5.30.